The largest absolute Gasteiger partial charge is 0.317 e. The van der Waals surface area contributed by atoms with Gasteiger partial charge in [0.05, 0.1) is 0 Å². The van der Waals surface area contributed by atoms with E-state index >= 15 is 0 Å². The standard InChI is InChI=1S/C11H18N2/c1-9(8-10(2)12-3)11-4-6-13-7-5-11/h4-7,9-10,12H,8H2,1-3H3. The van der Waals surface area contributed by atoms with Gasteiger partial charge in [-0.3, -0.25) is 4.98 Å². The molecule has 0 fully saturated rings. The Kier molecular flexibility index (Phi) is 3.90. The smallest absolute Gasteiger partial charge is 0.0270 e. The molecular weight excluding hydrogens is 160 g/mol. The van der Waals surface area contributed by atoms with Crippen LogP contribution in [0.5, 0.6) is 0 Å². The van der Waals surface area contributed by atoms with Crippen molar-refractivity contribution in [2.75, 3.05) is 7.05 Å². The number of rotatable bonds is 4. The quantitative estimate of drug-likeness (QED) is 0.764. The fourth-order valence-electron chi connectivity index (χ4n) is 1.48. The summed E-state index contributed by atoms with van der Waals surface area (Å²) in [5, 5.41) is 3.25. The maximum atomic E-state index is 4.01. The van der Waals surface area contributed by atoms with Gasteiger partial charge in [-0.15, -0.1) is 0 Å². The highest BCUT2D eigenvalue weighted by Gasteiger charge is 2.08. The van der Waals surface area contributed by atoms with Crippen LogP contribution in [0.4, 0.5) is 0 Å². The Morgan fingerprint density at radius 1 is 1.31 bits per heavy atom. The van der Waals surface area contributed by atoms with Gasteiger partial charge in [0.25, 0.3) is 0 Å². The van der Waals surface area contributed by atoms with Crippen molar-refractivity contribution in [3.63, 3.8) is 0 Å². The van der Waals surface area contributed by atoms with E-state index < -0.39 is 0 Å². The minimum absolute atomic E-state index is 0.572. The first-order chi connectivity index (χ1) is 6.24. The molecule has 1 heterocycles. The molecule has 1 aromatic rings. The summed E-state index contributed by atoms with van der Waals surface area (Å²) >= 11 is 0. The third kappa shape index (κ3) is 3.15. The van der Waals surface area contributed by atoms with Crippen LogP contribution in [0.1, 0.15) is 31.7 Å². The summed E-state index contributed by atoms with van der Waals surface area (Å²) in [5.41, 5.74) is 1.37. The van der Waals surface area contributed by atoms with Gasteiger partial charge in [-0.05, 0) is 44.0 Å². The molecule has 0 saturated heterocycles. The molecule has 2 unspecified atom stereocenters. The zero-order valence-electron chi connectivity index (χ0n) is 8.62. The molecule has 13 heavy (non-hydrogen) atoms. The maximum absolute atomic E-state index is 4.01. The third-order valence-electron chi connectivity index (χ3n) is 2.48. The number of aromatic nitrogens is 1. The van der Waals surface area contributed by atoms with Crippen LogP contribution in [0.2, 0.25) is 0 Å². The van der Waals surface area contributed by atoms with E-state index in [0.29, 0.717) is 12.0 Å². The molecule has 0 spiro atoms. The predicted octanol–water partition coefficient (Wildman–Crippen LogP) is 2.18. The topological polar surface area (TPSA) is 24.9 Å². The van der Waals surface area contributed by atoms with Gasteiger partial charge in [-0.25, -0.2) is 0 Å². The number of nitrogens with zero attached hydrogens (tertiary/aromatic N) is 1. The van der Waals surface area contributed by atoms with Crippen LogP contribution >= 0.6 is 0 Å². The zero-order valence-corrected chi connectivity index (χ0v) is 8.62. The first-order valence-corrected chi connectivity index (χ1v) is 4.81. The molecular formula is C11H18N2. The Hall–Kier alpha value is -0.890. The zero-order chi connectivity index (χ0) is 9.68. The molecule has 0 radical (unpaired) electrons. The van der Waals surface area contributed by atoms with Gasteiger partial charge in [0.15, 0.2) is 0 Å². The fourth-order valence-corrected chi connectivity index (χ4v) is 1.48. The summed E-state index contributed by atoms with van der Waals surface area (Å²) < 4.78 is 0. The van der Waals surface area contributed by atoms with E-state index in [0.717, 1.165) is 0 Å². The highest BCUT2D eigenvalue weighted by Crippen LogP contribution is 2.19. The lowest BCUT2D eigenvalue weighted by molar-refractivity contribution is 0.516. The van der Waals surface area contributed by atoms with Crippen LogP contribution in [-0.4, -0.2) is 18.1 Å². The highest BCUT2D eigenvalue weighted by molar-refractivity contribution is 5.14. The van der Waals surface area contributed by atoms with E-state index in [4.69, 9.17) is 0 Å². The number of pyridine rings is 1. The molecule has 0 aliphatic carbocycles. The van der Waals surface area contributed by atoms with E-state index in [1.807, 2.05) is 19.4 Å². The van der Waals surface area contributed by atoms with Crippen LogP contribution in [0, 0.1) is 0 Å². The van der Waals surface area contributed by atoms with Gasteiger partial charge in [0, 0.05) is 18.4 Å². The first kappa shape index (κ1) is 10.2. The monoisotopic (exact) mass is 178 g/mol. The van der Waals surface area contributed by atoms with Crippen LogP contribution in [0.25, 0.3) is 0 Å². The SMILES string of the molecule is CNC(C)CC(C)c1ccncc1. The van der Waals surface area contributed by atoms with Crippen LogP contribution < -0.4 is 5.32 Å². The van der Waals surface area contributed by atoms with Crippen molar-refractivity contribution in [2.24, 2.45) is 0 Å². The van der Waals surface area contributed by atoms with Crippen LogP contribution in [-0.2, 0) is 0 Å². The lowest BCUT2D eigenvalue weighted by Gasteiger charge is -2.16. The molecule has 2 atom stereocenters. The van der Waals surface area contributed by atoms with Gasteiger partial charge in [0.1, 0.15) is 0 Å². The molecule has 0 aromatic carbocycles. The Bertz CT molecular complexity index is 233. The summed E-state index contributed by atoms with van der Waals surface area (Å²) in [7, 11) is 2.00. The summed E-state index contributed by atoms with van der Waals surface area (Å²) in [4.78, 5) is 4.01. The molecule has 1 N–H and O–H groups in total. The van der Waals surface area contributed by atoms with E-state index in [9.17, 15) is 0 Å². The molecule has 1 rings (SSSR count). The van der Waals surface area contributed by atoms with E-state index in [-0.39, 0.29) is 0 Å². The molecule has 0 amide bonds. The molecule has 0 aliphatic rings. The van der Waals surface area contributed by atoms with Gasteiger partial charge >= 0.3 is 0 Å². The minimum atomic E-state index is 0.572. The maximum Gasteiger partial charge on any atom is 0.0270 e. The van der Waals surface area contributed by atoms with Crippen molar-refractivity contribution in [1.29, 1.82) is 0 Å². The van der Waals surface area contributed by atoms with Crippen molar-refractivity contribution in [3.8, 4) is 0 Å². The molecule has 1 aromatic heterocycles. The van der Waals surface area contributed by atoms with Crippen molar-refractivity contribution in [1.82, 2.24) is 10.3 Å². The second kappa shape index (κ2) is 4.97. The predicted molar refractivity (Wildman–Crippen MR) is 55.8 cm³/mol. The molecule has 0 saturated carbocycles. The van der Waals surface area contributed by atoms with Crippen molar-refractivity contribution >= 4 is 0 Å². The normalized spacial score (nSPS) is 15.3. The van der Waals surface area contributed by atoms with E-state index in [2.05, 4.69) is 36.3 Å². The van der Waals surface area contributed by atoms with E-state index in [1.54, 1.807) is 0 Å². The first-order valence-electron chi connectivity index (χ1n) is 4.81. The van der Waals surface area contributed by atoms with E-state index in [1.165, 1.54) is 12.0 Å². The number of nitrogens with one attached hydrogen (secondary N) is 1. The molecule has 0 bridgehead atoms. The van der Waals surface area contributed by atoms with Gasteiger partial charge in [0.2, 0.25) is 0 Å². The van der Waals surface area contributed by atoms with Gasteiger partial charge < -0.3 is 5.32 Å². The summed E-state index contributed by atoms with van der Waals surface area (Å²) in [6, 6.07) is 4.75. The van der Waals surface area contributed by atoms with Gasteiger partial charge in [-0.1, -0.05) is 6.92 Å². The van der Waals surface area contributed by atoms with Crippen LogP contribution in [0.3, 0.4) is 0 Å². The summed E-state index contributed by atoms with van der Waals surface area (Å²) in [6.07, 6.45) is 4.88. The van der Waals surface area contributed by atoms with Crippen molar-refractivity contribution in [2.45, 2.75) is 32.2 Å². The number of hydrogen-bond donors (Lipinski definition) is 1. The van der Waals surface area contributed by atoms with Crippen molar-refractivity contribution in [3.05, 3.63) is 30.1 Å². The average molecular weight is 178 g/mol. The Balaban J connectivity index is 2.53. The minimum Gasteiger partial charge on any atom is -0.317 e. The lowest BCUT2D eigenvalue weighted by Crippen LogP contribution is -2.22. The Labute approximate surface area is 80.4 Å². The fraction of sp³-hybridized carbons (Fsp3) is 0.545. The molecule has 0 aliphatic heterocycles. The number of hydrogen-bond acceptors (Lipinski definition) is 2. The molecule has 2 heteroatoms. The summed E-state index contributed by atoms with van der Waals surface area (Å²) in [6.45, 7) is 4.46. The lowest BCUT2D eigenvalue weighted by atomic mass is 9.95. The second-order valence-corrected chi connectivity index (χ2v) is 3.61. The summed E-state index contributed by atoms with van der Waals surface area (Å²) in [5.74, 6) is 0.602. The van der Waals surface area contributed by atoms with Gasteiger partial charge in [-0.2, -0.15) is 0 Å². The molecule has 2 nitrogen and oxygen atoms in total. The third-order valence-corrected chi connectivity index (χ3v) is 2.48. The van der Waals surface area contributed by atoms with Crippen molar-refractivity contribution < 1.29 is 0 Å². The Morgan fingerprint density at radius 3 is 2.46 bits per heavy atom. The highest BCUT2D eigenvalue weighted by atomic mass is 14.8. The van der Waals surface area contributed by atoms with Crippen LogP contribution in [0.15, 0.2) is 24.5 Å². The Morgan fingerprint density at radius 2 is 1.92 bits per heavy atom. The second-order valence-electron chi connectivity index (χ2n) is 3.61. The average Bonchev–Trinajstić information content (AvgIpc) is 2.19. The molecule has 72 valence electrons.